The minimum atomic E-state index is -0.695. The van der Waals surface area contributed by atoms with E-state index in [2.05, 4.69) is 5.32 Å². The first-order valence-corrected chi connectivity index (χ1v) is 7.92. The Labute approximate surface area is 147 Å². The molecule has 0 aliphatic carbocycles. The summed E-state index contributed by atoms with van der Waals surface area (Å²) in [5.41, 5.74) is 0.323. The zero-order chi connectivity index (χ0) is 18.8. The summed E-state index contributed by atoms with van der Waals surface area (Å²) in [6.45, 7) is 3.88. The Morgan fingerprint density at radius 3 is 2.28 bits per heavy atom. The van der Waals surface area contributed by atoms with Gasteiger partial charge >= 0.3 is 5.97 Å². The maximum atomic E-state index is 12.1. The van der Waals surface area contributed by atoms with Crippen LogP contribution in [0.5, 0.6) is 11.5 Å². The fourth-order valence-electron chi connectivity index (χ4n) is 1.77. The van der Waals surface area contributed by atoms with Crippen LogP contribution in [-0.2, 0) is 14.3 Å². The van der Waals surface area contributed by atoms with Crippen LogP contribution in [0.15, 0.2) is 18.2 Å². The average molecular weight is 352 g/mol. The molecule has 0 aliphatic heterocycles. The fourth-order valence-corrected chi connectivity index (χ4v) is 1.77. The Balaban J connectivity index is 2.60. The smallest absolute Gasteiger partial charge is 0.325 e. The van der Waals surface area contributed by atoms with Gasteiger partial charge in [-0.15, -0.1) is 0 Å². The molecule has 25 heavy (non-hydrogen) atoms. The van der Waals surface area contributed by atoms with Gasteiger partial charge in [0.15, 0.2) is 18.1 Å². The van der Waals surface area contributed by atoms with Gasteiger partial charge in [0.25, 0.3) is 11.8 Å². The molecule has 0 heterocycles. The normalized spacial score (nSPS) is 9.92. The Morgan fingerprint density at radius 2 is 1.68 bits per heavy atom. The van der Waals surface area contributed by atoms with Gasteiger partial charge in [0.2, 0.25) is 0 Å². The SMILES string of the molecule is CCOc1ccc(C(=O)NCC(=O)OCC(=O)N(C)C)cc1OCC. The molecule has 0 spiro atoms. The summed E-state index contributed by atoms with van der Waals surface area (Å²) in [6, 6.07) is 4.76. The van der Waals surface area contributed by atoms with Gasteiger partial charge in [-0.3, -0.25) is 14.4 Å². The van der Waals surface area contributed by atoms with Gasteiger partial charge in [-0.05, 0) is 32.0 Å². The van der Waals surface area contributed by atoms with E-state index in [0.29, 0.717) is 30.3 Å². The number of amides is 2. The number of hydrogen-bond donors (Lipinski definition) is 1. The molecule has 0 bridgehead atoms. The van der Waals surface area contributed by atoms with E-state index in [-0.39, 0.29) is 19.1 Å². The summed E-state index contributed by atoms with van der Waals surface area (Å²) in [5, 5.41) is 2.44. The Morgan fingerprint density at radius 1 is 1.04 bits per heavy atom. The van der Waals surface area contributed by atoms with E-state index in [1.54, 1.807) is 32.3 Å². The number of carbonyl (C=O) groups is 3. The molecule has 1 aromatic carbocycles. The number of carbonyl (C=O) groups excluding carboxylic acids is 3. The minimum absolute atomic E-state index is 0.323. The van der Waals surface area contributed by atoms with Gasteiger partial charge in [0, 0.05) is 19.7 Å². The van der Waals surface area contributed by atoms with Crippen molar-refractivity contribution in [2.45, 2.75) is 13.8 Å². The van der Waals surface area contributed by atoms with Gasteiger partial charge in [-0.25, -0.2) is 0 Å². The van der Waals surface area contributed by atoms with E-state index in [1.165, 1.54) is 4.90 Å². The topological polar surface area (TPSA) is 94.2 Å². The lowest BCUT2D eigenvalue weighted by Crippen LogP contribution is -2.33. The molecule has 138 valence electrons. The predicted octanol–water partition coefficient (Wildman–Crippen LogP) is 0.845. The van der Waals surface area contributed by atoms with Crippen molar-refractivity contribution in [3.8, 4) is 11.5 Å². The monoisotopic (exact) mass is 352 g/mol. The van der Waals surface area contributed by atoms with Crippen LogP contribution in [0, 0.1) is 0 Å². The number of nitrogens with one attached hydrogen (secondary N) is 1. The summed E-state index contributed by atoms with van der Waals surface area (Å²) in [6.07, 6.45) is 0. The molecule has 2 amide bonds. The molecule has 8 nitrogen and oxygen atoms in total. The van der Waals surface area contributed by atoms with Crippen molar-refractivity contribution in [2.24, 2.45) is 0 Å². The molecule has 8 heteroatoms. The third kappa shape index (κ3) is 6.70. The van der Waals surface area contributed by atoms with Crippen molar-refractivity contribution < 1.29 is 28.6 Å². The van der Waals surface area contributed by atoms with Crippen molar-refractivity contribution >= 4 is 17.8 Å². The number of hydrogen-bond acceptors (Lipinski definition) is 6. The van der Waals surface area contributed by atoms with Crippen molar-refractivity contribution in [1.29, 1.82) is 0 Å². The highest BCUT2D eigenvalue weighted by Gasteiger charge is 2.14. The zero-order valence-corrected chi connectivity index (χ0v) is 15.0. The maximum absolute atomic E-state index is 12.1. The molecule has 0 saturated heterocycles. The van der Waals surface area contributed by atoms with Gasteiger partial charge in [0.1, 0.15) is 6.54 Å². The van der Waals surface area contributed by atoms with Crippen LogP contribution in [0.4, 0.5) is 0 Å². The number of rotatable bonds is 9. The van der Waals surface area contributed by atoms with Crippen LogP contribution in [0.2, 0.25) is 0 Å². The third-order valence-electron chi connectivity index (χ3n) is 3.05. The molecule has 0 aliphatic rings. The van der Waals surface area contributed by atoms with Gasteiger partial charge < -0.3 is 24.4 Å². The standard InChI is InChI=1S/C17H24N2O6/c1-5-23-13-8-7-12(9-14(13)24-6-2)17(22)18-10-16(21)25-11-15(20)19(3)4/h7-9H,5-6,10-11H2,1-4H3,(H,18,22). The lowest BCUT2D eigenvalue weighted by molar-refractivity contribution is -0.150. The van der Waals surface area contributed by atoms with Crippen LogP contribution in [-0.4, -0.2) is 63.1 Å². The summed E-state index contributed by atoms with van der Waals surface area (Å²) < 4.78 is 15.7. The molecule has 1 N–H and O–H groups in total. The Hall–Kier alpha value is -2.77. The summed E-state index contributed by atoms with van der Waals surface area (Å²) in [5.74, 6) is -0.495. The highest BCUT2D eigenvalue weighted by Crippen LogP contribution is 2.28. The lowest BCUT2D eigenvalue weighted by atomic mass is 10.2. The number of likely N-dealkylation sites (N-methyl/N-ethyl adjacent to an activating group) is 1. The molecule has 0 saturated carbocycles. The number of benzene rings is 1. The highest BCUT2D eigenvalue weighted by atomic mass is 16.5. The highest BCUT2D eigenvalue weighted by molar-refractivity contribution is 5.96. The molecule has 0 fully saturated rings. The van der Waals surface area contributed by atoms with Crippen LogP contribution in [0.1, 0.15) is 24.2 Å². The van der Waals surface area contributed by atoms with Crippen LogP contribution < -0.4 is 14.8 Å². The van der Waals surface area contributed by atoms with Gasteiger partial charge in [0.05, 0.1) is 13.2 Å². The summed E-state index contributed by atoms with van der Waals surface area (Å²) >= 11 is 0. The van der Waals surface area contributed by atoms with Crippen LogP contribution in [0.3, 0.4) is 0 Å². The number of ether oxygens (including phenoxy) is 3. The van der Waals surface area contributed by atoms with Crippen LogP contribution in [0.25, 0.3) is 0 Å². The van der Waals surface area contributed by atoms with E-state index in [9.17, 15) is 14.4 Å². The largest absolute Gasteiger partial charge is 0.490 e. The Kier molecular flexibility index (Phi) is 8.25. The fraction of sp³-hybridized carbons (Fsp3) is 0.471. The molecule has 0 atom stereocenters. The van der Waals surface area contributed by atoms with E-state index in [1.807, 2.05) is 13.8 Å². The zero-order valence-electron chi connectivity index (χ0n) is 15.0. The quantitative estimate of drug-likeness (QED) is 0.662. The molecule has 0 aromatic heterocycles. The van der Waals surface area contributed by atoms with Crippen molar-refractivity contribution in [3.63, 3.8) is 0 Å². The summed E-state index contributed by atoms with van der Waals surface area (Å²) in [4.78, 5) is 36.3. The molecule has 0 radical (unpaired) electrons. The minimum Gasteiger partial charge on any atom is -0.490 e. The second-order valence-electron chi connectivity index (χ2n) is 5.16. The van der Waals surface area contributed by atoms with E-state index in [4.69, 9.17) is 14.2 Å². The van der Waals surface area contributed by atoms with Crippen molar-refractivity contribution in [1.82, 2.24) is 10.2 Å². The molecule has 1 aromatic rings. The Bertz CT molecular complexity index is 615. The van der Waals surface area contributed by atoms with E-state index < -0.39 is 11.9 Å². The van der Waals surface area contributed by atoms with E-state index >= 15 is 0 Å². The van der Waals surface area contributed by atoms with E-state index in [0.717, 1.165) is 0 Å². The van der Waals surface area contributed by atoms with Crippen molar-refractivity contribution in [2.75, 3.05) is 40.5 Å². The molecule has 1 rings (SSSR count). The predicted molar refractivity (Wildman–Crippen MR) is 90.8 cm³/mol. The lowest BCUT2D eigenvalue weighted by Gasteiger charge is -2.13. The van der Waals surface area contributed by atoms with Gasteiger partial charge in [-0.1, -0.05) is 0 Å². The second-order valence-corrected chi connectivity index (χ2v) is 5.16. The molecular weight excluding hydrogens is 328 g/mol. The first kappa shape index (κ1) is 20.3. The average Bonchev–Trinajstić information content (AvgIpc) is 2.59. The molecule has 0 unspecified atom stereocenters. The van der Waals surface area contributed by atoms with Crippen molar-refractivity contribution in [3.05, 3.63) is 23.8 Å². The second kappa shape index (κ2) is 10.2. The maximum Gasteiger partial charge on any atom is 0.325 e. The van der Waals surface area contributed by atoms with Gasteiger partial charge in [-0.2, -0.15) is 0 Å². The first-order chi connectivity index (χ1) is 11.9. The first-order valence-electron chi connectivity index (χ1n) is 7.92. The number of esters is 1. The third-order valence-corrected chi connectivity index (χ3v) is 3.05. The van der Waals surface area contributed by atoms with Crippen LogP contribution >= 0.6 is 0 Å². The number of nitrogens with zero attached hydrogens (tertiary/aromatic N) is 1. The molecular formula is C17H24N2O6. The summed E-state index contributed by atoms with van der Waals surface area (Å²) in [7, 11) is 3.11.